The van der Waals surface area contributed by atoms with Gasteiger partial charge in [-0.25, -0.2) is 14.8 Å². The largest absolute Gasteiger partial charge is 0.464 e. The minimum absolute atomic E-state index is 0.0844. The molecule has 1 aromatic carbocycles. The molecule has 0 aliphatic rings. The van der Waals surface area contributed by atoms with Gasteiger partial charge >= 0.3 is 12.3 Å². The van der Waals surface area contributed by atoms with Crippen LogP contribution in [0.5, 0.6) is 11.6 Å². The van der Waals surface area contributed by atoms with Gasteiger partial charge in [0.05, 0.1) is 17.8 Å². The van der Waals surface area contributed by atoms with Crippen molar-refractivity contribution in [3.63, 3.8) is 0 Å². The molecule has 136 valence electrons. The van der Waals surface area contributed by atoms with Crippen molar-refractivity contribution in [2.24, 2.45) is 0 Å². The Balaban J connectivity index is 1.71. The first kappa shape index (κ1) is 17.7. The van der Waals surface area contributed by atoms with Crippen LogP contribution in [0.3, 0.4) is 0 Å². The summed E-state index contributed by atoms with van der Waals surface area (Å²) in [4.78, 5) is 18.9. The lowest BCUT2D eigenvalue weighted by atomic mass is 10.2. The van der Waals surface area contributed by atoms with Crippen LogP contribution in [0.4, 0.5) is 18.0 Å². The minimum atomic E-state index is -4.30. The Morgan fingerprint density at radius 1 is 1.23 bits per heavy atom. The van der Waals surface area contributed by atoms with E-state index in [9.17, 15) is 18.0 Å². The fraction of sp³-hybridized carbons (Fsp3) is 0.188. The molecule has 26 heavy (non-hydrogen) atoms. The number of fused-ring (bicyclic) bond motifs is 1. The SMILES string of the molecule is O=C(O)n1ccc2cc(Oc3cc(CNCC(F)(F)F)ncn3)ccc21. The summed E-state index contributed by atoms with van der Waals surface area (Å²) < 4.78 is 43.1. The Morgan fingerprint density at radius 2 is 2.04 bits per heavy atom. The first-order valence-corrected chi connectivity index (χ1v) is 7.42. The van der Waals surface area contributed by atoms with Gasteiger partial charge in [-0.3, -0.25) is 4.57 Å². The zero-order valence-electron chi connectivity index (χ0n) is 13.2. The van der Waals surface area contributed by atoms with E-state index >= 15 is 0 Å². The molecular weight excluding hydrogens is 353 g/mol. The fourth-order valence-corrected chi connectivity index (χ4v) is 2.33. The molecule has 7 nitrogen and oxygen atoms in total. The average molecular weight is 366 g/mol. The monoisotopic (exact) mass is 366 g/mol. The van der Waals surface area contributed by atoms with Crippen molar-refractivity contribution in [2.45, 2.75) is 12.7 Å². The van der Waals surface area contributed by atoms with Crippen LogP contribution >= 0.6 is 0 Å². The smallest absolute Gasteiger partial charge is 0.415 e. The molecule has 0 aliphatic carbocycles. The Kier molecular flexibility index (Phi) is 4.76. The number of carbonyl (C=O) groups is 1. The van der Waals surface area contributed by atoms with E-state index in [0.717, 1.165) is 4.57 Å². The van der Waals surface area contributed by atoms with Crippen LogP contribution in [-0.4, -0.2) is 38.5 Å². The molecule has 2 heterocycles. The highest BCUT2D eigenvalue weighted by Crippen LogP contribution is 2.25. The predicted octanol–water partition coefficient (Wildman–Crippen LogP) is 3.40. The standard InChI is InChI=1S/C16H13F3N4O3/c17-16(18,19)8-20-7-11-6-14(22-9-21-11)26-12-1-2-13-10(5-12)3-4-23(13)15(24)25/h1-6,9,20H,7-8H2,(H,24,25). The predicted molar refractivity (Wildman–Crippen MR) is 85.2 cm³/mol. The highest BCUT2D eigenvalue weighted by molar-refractivity contribution is 5.89. The lowest BCUT2D eigenvalue weighted by Gasteiger charge is -2.09. The molecule has 0 spiro atoms. The van der Waals surface area contributed by atoms with Crippen molar-refractivity contribution < 1.29 is 27.8 Å². The van der Waals surface area contributed by atoms with E-state index in [0.29, 0.717) is 22.3 Å². The number of aromatic nitrogens is 3. The van der Waals surface area contributed by atoms with Gasteiger partial charge in [-0.05, 0) is 24.3 Å². The molecular formula is C16H13F3N4O3. The summed E-state index contributed by atoms with van der Waals surface area (Å²) in [6, 6.07) is 7.86. The van der Waals surface area contributed by atoms with Crippen LogP contribution in [0.25, 0.3) is 10.9 Å². The van der Waals surface area contributed by atoms with Crippen molar-refractivity contribution in [3.05, 3.63) is 48.5 Å². The number of carboxylic acid groups (broad SMARTS) is 1. The third-order valence-corrected chi connectivity index (χ3v) is 3.42. The van der Waals surface area contributed by atoms with Gasteiger partial charge in [-0.2, -0.15) is 13.2 Å². The van der Waals surface area contributed by atoms with Gasteiger partial charge in [0.15, 0.2) is 0 Å². The quantitative estimate of drug-likeness (QED) is 0.719. The molecule has 0 bridgehead atoms. The first-order valence-electron chi connectivity index (χ1n) is 7.42. The first-order chi connectivity index (χ1) is 12.3. The van der Waals surface area contributed by atoms with Crippen LogP contribution in [0, 0.1) is 0 Å². The van der Waals surface area contributed by atoms with Gasteiger partial charge in [0.1, 0.15) is 12.1 Å². The van der Waals surface area contributed by atoms with Crippen molar-refractivity contribution in [1.82, 2.24) is 19.9 Å². The molecule has 0 radical (unpaired) electrons. The molecule has 0 fully saturated rings. The molecule has 0 saturated heterocycles. The number of hydrogen-bond acceptors (Lipinski definition) is 5. The summed E-state index contributed by atoms with van der Waals surface area (Å²) in [5.41, 5.74) is 0.849. The van der Waals surface area contributed by atoms with E-state index in [-0.39, 0.29) is 12.4 Å². The van der Waals surface area contributed by atoms with E-state index in [1.54, 1.807) is 24.3 Å². The third-order valence-electron chi connectivity index (χ3n) is 3.42. The number of benzene rings is 1. The van der Waals surface area contributed by atoms with Gasteiger partial charge in [0, 0.05) is 24.2 Å². The van der Waals surface area contributed by atoms with E-state index < -0.39 is 18.8 Å². The molecule has 0 unspecified atom stereocenters. The molecule has 0 atom stereocenters. The Hall–Kier alpha value is -3.14. The topological polar surface area (TPSA) is 89.3 Å². The molecule has 3 aromatic rings. The third kappa shape index (κ3) is 4.28. The van der Waals surface area contributed by atoms with Crippen LogP contribution in [0.1, 0.15) is 5.69 Å². The molecule has 2 aromatic heterocycles. The minimum Gasteiger partial charge on any atom is -0.464 e. The summed E-state index contributed by atoms with van der Waals surface area (Å²) in [6.07, 6.45) is -2.78. The molecule has 0 aliphatic heterocycles. The Morgan fingerprint density at radius 3 is 2.77 bits per heavy atom. The average Bonchev–Trinajstić information content (AvgIpc) is 2.97. The van der Waals surface area contributed by atoms with E-state index in [1.165, 1.54) is 18.6 Å². The van der Waals surface area contributed by atoms with Crippen LogP contribution < -0.4 is 10.1 Å². The molecule has 10 heteroatoms. The van der Waals surface area contributed by atoms with Crippen molar-refractivity contribution in [2.75, 3.05) is 6.54 Å². The number of halogens is 3. The zero-order valence-corrected chi connectivity index (χ0v) is 13.2. The summed E-state index contributed by atoms with van der Waals surface area (Å²) in [5.74, 6) is 0.578. The second kappa shape index (κ2) is 7.00. The summed E-state index contributed by atoms with van der Waals surface area (Å²) >= 11 is 0. The van der Waals surface area contributed by atoms with Gasteiger partial charge < -0.3 is 15.2 Å². The van der Waals surface area contributed by atoms with Crippen LogP contribution in [0.2, 0.25) is 0 Å². The fourth-order valence-electron chi connectivity index (χ4n) is 2.33. The number of nitrogens with one attached hydrogen (secondary N) is 1. The van der Waals surface area contributed by atoms with E-state index in [4.69, 9.17) is 9.84 Å². The Bertz CT molecular complexity index is 940. The van der Waals surface area contributed by atoms with Gasteiger partial charge in [0.2, 0.25) is 5.88 Å². The number of nitrogens with zero attached hydrogens (tertiary/aromatic N) is 3. The second-order valence-corrected chi connectivity index (χ2v) is 5.36. The van der Waals surface area contributed by atoms with E-state index in [2.05, 4.69) is 15.3 Å². The van der Waals surface area contributed by atoms with E-state index in [1.807, 2.05) is 0 Å². The number of alkyl halides is 3. The molecule has 2 N–H and O–H groups in total. The number of hydrogen-bond donors (Lipinski definition) is 2. The lowest BCUT2D eigenvalue weighted by Crippen LogP contribution is -2.28. The summed E-state index contributed by atoms with van der Waals surface area (Å²) in [5, 5.41) is 12.0. The maximum Gasteiger partial charge on any atom is 0.415 e. The molecule has 0 saturated carbocycles. The maximum atomic E-state index is 12.1. The Labute approximate surface area is 145 Å². The maximum absolute atomic E-state index is 12.1. The van der Waals surface area contributed by atoms with Gasteiger partial charge in [-0.1, -0.05) is 0 Å². The summed E-state index contributed by atoms with van der Waals surface area (Å²) in [6.45, 7) is -1.21. The van der Waals surface area contributed by atoms with Gasteiger partial charge in [0.25, 0.3) is 0 Å². The number of rotatable bonds is 5. The number of ether oxygens (including phenoxy) is 1. The second-order valence-electron chi connectivity index (χ2n) is 5.36. The van der Waals surface area contributed by atoms with Crippen LogP contribution in [0.15, 0.2) is 42.9 Å². The zero-order chi connectivity index (χ0) is 18.7. The normalized spacial score (nSPS) is 11.7. The van der Waals surface area contributed by atoms with Crippen LogP contribution in [-0.2, 0) is 6.54 Å². The molecule has 0 amide bonds. The lowest BCUT2D eigenvalue weighted by molar-refractivity contribution is -0.125. The van der Waals surface area contributed by atoms with Gasteiger partial charge in [-0.15, -0.1) is 0 Å². The molecule has 3 rings (SSSR count). The van der Waals surface area contributed by atoms with Crippen molar-refractivity contribution >= 4 is 17.0 Å². The highest BCUT2D eigenvalue weighted by atomic mass is 19.4. The highest BCUT2D eigenvalue weighted by Gasteiger charge is 2.26. The summed E-state index contributed by atoms with van der Waals surface area (Å²) in [7, 11) is 0. The van der Waals surface area contributed by atoms with Crippen molar-refractivity contribution in [3.8, 4) is 11.6 Å². The van der Waals surface area contributed by atoms with Crippen molar-refractivity contribution in [1.29, 1.82) is 0 Å².